The fourth-order valence-electron chi connectivity index (χ4n) is 2.32. The van der Waals surface area contributed by atoms with Gasteiger partial charge in [0.1, 0.15) is 18.2 Å². The molecule has 4 nitrogen and oxygen atoms in total. The largest absolute Gasteiger partial charge is 0.490 e. The number of hydrogen-bond acceptors (Lipinski definition) is 3. The molecule has 0 spiro atoms. The molecular weight excluding hydrogens is 275 g/mol. The Morgan fingerprint density at radius 3 is 2.95 bits per heavy atom. The summed E-state index contributed by atoms with van der Waals surface area (Å²) in [5.41, 5.74) is 0.262. The van der Waals surface area contributed by atoms with Crippen molar-refractivity contribution < 1.29 is 23.8 Å². The van der Waals surface area contributed by atoms with Gasteiger partial charge in [0.15, 0.2) is 0 Å². The van der Waals surface area contributed by atoms with Gasteiger partial charge in [-0.3, -0.25) is 0 Å². The first kappa shape index (κ1) is 15.5. The van der Waals surface area contributed by atoms with Crippen molar-refractivity contribution in [2.45, 2.75) is 38.4 Å². The third kappa shape index (κ3) is 4.56. The predicted octanol–water partition coefficient (Wildman–Crippen LogP) is 3.26. The molecule has 0 amide bonds. The van der Waals surface area contributed by atoms with Gasteiger partial charge in [0.25, 0.3) is 0 Å². The Kier molecular flexibility index (Phi) is 4.63. The van der Waals surface area contributed by atoms with E-state index in [2.05, 4.69) is 0 Å². The van der Waals surface area contributed by atoms with Gasteiger partial charge in [0.2, 0.25) is 0 Å². The Morgan fingerprint density at radius 2 is 2.33 bits per heavy atom. The molecule has 1 aromatic rings. The maximum absolute atomic E-state index is 13.3. The second kappa shape index (κ2) is 6.26. The Balaban J connectivity index is 2.04. The van der Waals surface area contributed by atoms with Crippen LogP contribution < -0.4 is 4.74 Å². The summed E-state index contributed by atoms with van der Waals surface area (Å²) in [5, 5.41) is 8.65. The van der Waals surface area contributed by atoms with E-state index in [1.165, 1.54) is 24.3 Å². The molecule has 0 aromatic heterocycles. The van der Waals surface area contributed by atoms with Crippen LogP contribution in [-0.2, 0) is 9.53 Å². The van der Waals surface area contributed by atoms with Crippen LogP contribution in [0.4, 0.5) is 4.39 Å². The molecule has 1 aromatic carbocycles. The number of hydrogen-bond donors (Lipinski definition) is 1. The van der Waals surface area contributed by atoms with Gasteiger partial charge in [-0.05, 0) is 51.0 Å². The topological polar surface area (TPSA) is 55.8 Å². The molecule has 114 valence electrons. The maximum atomic E-state index is 13.3. The second-order valence-electron chi connectivity index (χ2n) is 5.70. The highest BCUT2D eigenvalue weighted by atomic mass is 19.1. The van der Waals surface area contributed by atoms with E-state index in [1.54, 1.807) is 0 Å². The molecule has 0 aliphatic carbocycles. The smallest absolute Gasteiger partial charge is 0.328 e. The average Bonchev–Trinajstić information content (AvgIpc) is 2.75. The van der Waals surface area contributed by atoms with Crippen LogP contribution in [-0.4, -0.2) is 29.4 Å². The second-order valence-corrected chi connectivity index (χ2v) is 5.70. The average molecular weight is 294 g/mol. The van der Waals surface area contributed by atoms with E-state index < -0.39 is 11.8 Å². The van der Waals surface area contributed by atoms with Crippen molar-refractivity contribution in [2.24, 2.45) is 0 Å². The summed E-state index contributed by atoms with van der Waals surface area (Å²) >= 11 is 0. The number of rotatable bonds is 5. The fraction of sp³-hybridized carbons (Fsp3) is 0.438. The first-order chi connectivity index (χ1) is 9.85. The molecule has 2 rings (SSSR count). The van der Waals surface area contributed by atoms with E-state index in [-0.39, 0.29) is 11.7 Å². The summed E-state index contributed by atoms with van der Waals surface area (Å²) in [7, 11) is 0. The lowest BCUT2D eigenvalue weighted by Gasteiger charge is -2.19. The van der Waals surface area contributed by atoms with E-state index >= 15 is 0 Å². The van der Waals surface area contributed by atoms with Crippen LogP contribution in [0.3, 0.4) is 0 Å². The van der Waals surface area contributed by atoms with E-state index in [0.29, 0.717) is 17.9 Å². The minimum Gasteiger partial charge on any atom is -0.490 e. The van der Waals surface area contributed by atoms with Crippen molar-refractivity contribution in [3.63, 3.8) is 0 Å². The Hall–Kier alpha value is -1.88. The Labute approximate surface area is 123 Å². The van der Waals surface area contributed by atoms with E-state index in [4.69, 9.17) is 14.6 Å². The minimum atomic E-state index is -1.09. The van der Waals surface area contributed by atoms with E-state index in [0.717, 1.165) is 18.9 Å². The van der Waals surface area contributed by atoms with Crippen molar-refractivity contribution in [1.82, 2.24) is 0 Å². The molecule has 1 N–H and O–H groups in total. The number of carboxylic acid groups (broad SMARTS) is 1. The molecule has 0 saturated carbocycles. The van der Waals surface area contributed by atoms with Crippen molar-refractivity contribution in [3.8, 4) is 5.75 Å². The fourth-order valence-corrected chi connectivity index (χ4v) is 2.32. The molecule has 1 atom stereocenters. The predicted molar refractivity (Wildman–Crippen MR) is 76.8 cm³/mol. The minimum absolute atomic E-state index is 0.00126. The molecule has 1 heterocycles. The summed E-state index contributed by atoms with van der Waals surface area (Å²) in [4.78, 5) is 10.6. The lowest BCUT2D eigenvalue weighted by molar-refractivity contribution is -0.131. The quantitative estimate of drug-likeness (QED) is 0.847. The van der Waals surface area contributed by atoms with Gasteiger partial charge in [-0.15, -0.1) is 0 Å². The summed E-state index contributed by atoms with van der Waals surface area (Å²) < 4.78 is 24.7. The summed E-state index contributed by atoms with van der Waals surface area (Å²) in [5.74, 6) is -1.08. The van der Waals surface area contributed by atoms with Crippen LogP contribution in [0.1, 0.15) is 32.3 Å². The lowest BCUT2D eigenvalue weighted by atomic mass is 10.1. The molecule has 1 unspecified atom stereocenters. The summed E-state index contributed by atoms with van der Waals surface area (Å²) in [6.07, 6.45) is 4.16. The molecular formula is C16H19FO4. The molecule has 1 fully saturated rings. The van der Waals surface area contributed by atoms with Crippen LogP contribution in [0.5, 0.6) is 5.75 Å². The molecule has 1 aliphatic rings. The monoisotopic (exact) mass is 294 g/mol. The zero-order valence-corrected chi connectivity index (χ0v) is 12.1. The van der Waals surface area contributed by atoms with Crippen molar-refractivity contribution in [3.05, 3.63) is 35.7 Å². The molecule has 21 heavy (non-hydrogen) atoms. The highest BCUT2D eigenvalue weighted by molar-refractivity contribution is 5.85. The maximum Gasteiger partial charge on any atom is 0.328 e. The highest BCUT2D eigenvalue weighted by Gasteiger charge is 2.31. The number of ether oxygens (including phenoxy) is 2. The van der Waals surface area contributed by atoms with E-state index in [9.17, 15) is 9.18 Å². The summed E-state index contributed by atoms with van der Waals surface area (Å²) in [6, 6.07) is 4.03. The normalized spacial score (nSPS) is 20.8. The van der Waals surface area contributed by atoms with Gasteiger partial charge < -0.3 is 14.6 Å². The first-order valence-electron chi connectivity index (χ1n) is 6.87. The summed E-state index contributed by atoms with van der Waals surface area (Å²) in [6.45, 7) is 4.43. The molecule has 0 radical (unpaired) electrons. The molecule has 1 aliphatic heterocycles. The highest BCUT2D eigenvalue weighted by Crippen LogP contribution is 2.30. The van der Waals surface area contributed by atoms with Gasteiger partial charge in [-0.2, -0.15) is 0 Å². The van der Waals surface area contributed by atoms with Gasteiger partial charge in [-0.1, -0.05) is 0 Å². The zero-order valence-electron chi connectivity index (χ0n) is 12.1. The number of carboxylic acids is 1. The Bertz CT molecular complexity index is 551. The van der Waals surface area contributed by atoms with Crippen LogP contribution >= 0.6 is 0 Å². The third-order valence-corrected chi connectivity index (χ3v) is 3.36. The van der Waals surface area contributed by atoms with Crippen LogP contribution in [0.2, 0.25) is 0 Å². The number of aliphatic carboxylic acids is 1. The van der Waals surface area contributed by atoms with Crippen molar-refractivity contribution in [2.75, 3.05) is 6.61 Å². The number of halogens is 1. The zero-order chi connectivity index (χ0) is 15.5. The van der Waals surface area contributed by atoms with Crippen LogP contribution in [0, 0.1) is 5.82 Å². The number of carbonyl (C=O) groups is 1. The van der Waals surface area contributed by atoms with Crippen molar-refractivity contribution in [1.29, 1.82) is 0 Å². The lowest BCUT2D eigenvalue weighted by Crippen LogP contribution is -2.24. The SMILES string of the molecule is CC1(C)CCC(COc2ccc(F)cc2/C=C/C(=O)O)O1. The van der Waals surface area contributed by atoms with Crippen LogP contribution in [0.25, 0.3) is 6.08 Å². The number of benzene rings is 1. The van der Waals surface area contributed by atoms with Gasteiger partial charge in [0.05, 0.1) is 11.7 Å². The molecule has 0 bridgehead atoms. The molecule has 1 saturated heterocycles. The van der Waals surface area contributed by atoms with Crippen LogP contribution in [0.15, 0.2) is 24.3 Å². The Morgan fingerprint density at radius 1 is 1.57 bits per heavy atom. The van der Waals surface area contributed by atoms with E-state index in [1.807, 2.05) is 13.8 Å². The standard InChI is InChI=1S/C16H19FO4/c1-16(2)8-7-13(21-16)10-20-14-5-4-12(17)9-11(14)3-6-15(18)19/h3-6,9,13H,7-8,10H2,1-2H3,(H,18,19)/b6-3+. The van der Waals surface area contributed by atoms with Gasteiger partial charge in [0, 0.05) is 11.6 Å². The third-order valence-electron chi connectivity index (χ3n) is 3.36. The molecule has 5 heteroatoms. The van der Waals surface area contributed by atoms with Gasteiger partial charge in [-0.25, -0.2) is 9.18 Å². The van der Waals surface area contributed by atoms with Crippen molar-refractivity contribution >= 4 is 12.0 Å². The van der Waals surface area contributed by atoms with Gasteiger partial charge >= 0.3 is 5.97 Å². The first-order valence-corrected chi connectivity index (χ1v) is 6.87.